The van der Waals surface area contributed by atoms with Crippen molar-refractivity contribution in [1.29, 1.82) is 0 Å². The normalized spacial score (nSPS) is 12.7. The van der Waals surface area contributed by atoms with E-state index in [1.165, 1.54) is 7.11 Å². The molecule has 0 aliphatic rings. The van der Waals surface area contributed by atoms with Gasteiger partial charge in [-0.05, 0) is 18.2 Å². The van der Waals surface area contributed by atoms with Crippen LogP contribution in [0.15, 0.2) is 18.2 Å². The second kappa shape index (κ2) is 3.67. The van der Waals surface area contributed by atoms with Gasteiger partial charge in [0.15, 0.2) is 0 Å². The summed E-state index contributed by atoms with van der Waals surface area (Å²) in [6.45, 7) is 0. The van der Waals surface area contributed by atoms with Crippen molar-refractivity contribution in [3.05, 3.63) is 29.8 Å². The number of alkyl halides is 5. The highest BCUT2D eigenvalue weighted by molar-refractivity contribution is 5.29. The van der Waals surface area contributed by atoms with Crippen molar-refractivity contribution < 1.29 is 26.7 Å². The molecule has 1 nitrogen and oxygen atoms in total. The number of hydrogen-bond donors (Lipinski definition) is 0. The van der Waals surface area contributed by atoms with E-state index in [0.717, 1.165) is 6.07 Å². The molecular weight excluding hydrogens is 219 g/mol. The Bertz CT molecular complexity index is 327. The Balaban J connectivity index is 3.06. The van der Waals surface area contributed by atoms with E-state index in [9.17, 15) is 22.0 Å². The largest absolute Gasteiger partial charge is 0.496 e. The van der Waals surface area contributed by atoms with Gasteiger partial charge in [0.25, 0.3) is 0 Å². The van der Waals surface area contributed by atoms with Crippen molar-refractivity contribution in [2.24, 2.45) is 0 Å². The highest BCUT2D eigenvalue weighted by Crippen LogP contribution is 2.43. The van der Waals surface area contributed by atoms with Crippen LogP contribution >= 0.6 is 0 Å². The molecule has 0 unspecified atom stereocenters. The van der Waals surface area contributed by atoms with Crippen LogP contribution < -0.4 is 4.74 Å². The Kier molecular flexibility index (Phi) is 2.88. The molecule has 0 amide bonds. The van der Waals surface area contributed by atoms with Gasteiger partial charge in [0, 0.05) is 11.6 Å². The van der Waals surface area contributed by atoms with Crippen LogP contribution in [0.25, 0.3) is 0 Å². The molecule has 0 saturated carbocycles. The third kappa shape index (κ3) is 2.19. The minimum atomic E-state index is -5.60. The predicted octanol–water partition coefficient (Wildman–Crippen LogP) is 3.15. The molecule has 0 atom stereocenters. The lowest BCUT2D eigenvalue weighted by molar-refractivity contribution is -0.289. The monoisotopic (exact) mass is 225 g/mol. The first-order valence-electron chi connectivity index (χ1n) is 3.80. The van der Waals surface area contributed by atoms with Crippen molar-refractivity contribution in [3.8, 4) is 5.75 Å². The van der Waals surface area contributed by atoms with Crippen molar-refractivity contribution >= 4 is 0 Å². The summed E-state index contributed by atoms with van der Waals surface area (Å²) in [4.78, 5) is 0. The van der Waals surface area contributed by atoms with Crippen molar-refractivity contribution in [2.45, 2.75) is 12.1 Å². The van der Waals surface area contributed by atoms with Gasteiger partial charge < -0.3 is 4.74 Å². The Morgan fingerprint density at radius 1 is 1.13 bits per heavy atom. The fourth-order valence-corrected chi connectivity index (χ4v) is 0.897. The topological polar surface area (TPSA) is 9.23 Å². The molecule has 0 saturated heterocycles. The second-order valence-corrected chi connectivity index (χ2v) is 2.72. The highest BCUT2D eigenvalue weighted by Gasteiger charge is 2.58. The molecule has 15 heavy (non-hydrogen) atoms. The smallest absolute Gasteiger partial charge is 0.458 e. The van der Waals surface area contributed by atoms with Crippen LogP contribution in [-0.2, 0) is 5.92 Å². The van der Waals surface area contributed by atoms with E-state index in [0.29, 0.717) is 12.1 Å². The molecule has 1 rings (SSSR count). The van der Waals surface area contributed by atoms with Gasteiger partial charge in [-0.2, -0.15) is 22.0 Å². The molecular formula is C9H6F5O. The summed E-state index contributed by atoms with van der Waals surface area (Å²) in [5.41, 5.74) is -1.16. The number of benzene rings is 1. The van der Waals surface area contributed by atoms with Gasteiger partial charge >= 0.3 is 12.1 Å². The summed E-state index contributed by atoms with van der Waals surface area (Å²) in [6, 6.07) is 4.38. The first-order valence-corrected chi connectivity index (χ1v) is 3.80. The fourth-order valence-electron chi connectivity index (χ4n) is 0.897. The Labute approximate surface area is 82.5 Å². The molecule has 0 aliphatic carbocycles. The minimum Gasteiger partial charge on any atom is -0.496 e. The molecule has 0 aliphatic heterocycles. The molecule has 0 heterocycles. The summed E-state index contributed by atoms with van der Waals surface area (Å²) in [5, 5.41) is 0. The maximum absolute atomic E-state index is 12.7. The van der Waals surface area contributed by atoms with Gasteiger partial charge in [0.05, 0.1) is 7.11 Å². The van der Waals surface area contributed by atoms with E-state index in [2.05, 4.69) is 10.8 Å². The lowest BCUT2D eigenvalue weighted by Crippen LogP contribution is -2.33. The standard InChI is InChI=1S/C9H6F5O/c1-15-7-4-2-6(3-5-7)8(10,11)9(12,13)14/h2-4H,1H3. The Hall–Kier alpha value is -1.33. The lowest BCUT2D eigenvalue weighted by atomic mass is 10.1. The van der Waals surface area contributed by atoms with Crippen LogP contribution in [0.1, 0.15) is 5.56 Å². The maximum atomic E-state index is 12.7. The van der Waals surface area contributed by atoms with Crippen LogP contribution in [0, 0.1) is 6.07 Å². The van der Waals surface area contributed by atoms with Crippen LogP contribution in [0.4, 0.5) is 22.0 Å². The molecule has 1 radical (unpaired) electrons. The molecule has 0 spiro atoms. The van der Waals surface area contributed by atoms with Gasteiger partial charge in [-0.1, -0.05) is 0 Å². The molecule has 0 N–H and O–H groups in total. The summed E-state index contributed by atoms with van der Waals surface area (Å²) < 4.78 is 65.7. The van der Waals surface area contributed by atoms with Crippen molar-refractivity contribution in [3.63, 3.8) is 0 Å². The third-order valence-electron chi connectivity index (χ3n) is 1.72. The summed E-state index contributed by atoms with van der Waals surface area (Å²) in [6.07, 6.45) is -5.60. The molecule has 0 bridgehead atoms. The molecule has 6 heteroatoms. The third-order valence-corrected chi connectivity index (χ3v) is 1.72. The van der Waals surface area contributed by atoms with E-state index in [4.69, 9.17) is 0 Å². The SMILES string of the molecule is COc1[c]cc(C(F)(F)C(F)(F)F)cc1. The van der Waals surface area contributed by atoms with Crippen LogP contribution in [0.3, 0.4) is 0 Å². The minimum absolute atomic E-state index is 0.0942. The Morgan fingerprint density at radius 3 is 2.07 bits per heavy atom. The predicted molar refractivity (Wildman–Crippen MR) is 41.8 cm³/mol. The average Bonchev–Trinajstić information content (AvgIpc) is 2.16. The van der Waals surface area contributed by atoms with Gasteiger partial charge in [-0.3, -0.25) is 0 Å². The summed E-state index contributed by atoms with van der Waals surface area (Å²) in [5.74, 6) is -4.77. The van der Waals surface area contributed by atoms with E-state index in [-0.39, 0.29) is 5.75 Å². The quantitative estimate of drug-likeness (QED) is 0.702. The summed E-state index contributed by atoms with van der Waals surface area (Å²) in [7, 11) is 1.26. The number of methoxy groups -OCH3 is 1. The maximum Gasteiger partial charge on any atom is 0.458 e. The van der Waals surface area contributed by atoms with Crippen molar-refractivity contribution in [2.75, 3.05) is 7.11 Å². The van der Waals surface area contributed by atoms with E-state index in [1.807, 2.05) is 0 Å². The fraction of sp³-hybridized carbons (Fsp3) is 0.333. The summed E-state index contributed by atoms with van der Waals surface area (Å²) >= 11 is 0. The number of ether oxygens (including phenoxy) is 1. The zero-order valence-electron chi connectivity index (χ0n) is 7.53. The molecule has 0 aromatic heterocycles. The Morgan fingerprint density at radius 2 is 1.73 bits per heavy atom. The first-order chi connectivity index (χ1) is 6.79. The van der Waals surface area contributed by atoms with E-state index < -0.39 is 17.7 Å². The van der Waals surface area contributed by atoms with Gasteiger partial charge in [0.2, 0.25) is 0 Å². The van der Waals surface area contributed by atoms with Gasteiger partial charge in [0.1, 0.15) is 5.75 Å². The first kappa shape index (κ1) is 11.7. The molecule has 83 valence electrons. The molecule has 1 aromatic carbocycles. The van der Waals surface area contributed by atoms with E-state index in [1.54, 1.807) is 0 Å². The van der Waals surface area contributed by atoms with Crippen molar-refractivity contribution in [1.82, 2.24) is 0 Å². The molecule has 0 fully saturated rings. The zero-order valence-corrected chi connectivity index (χ0v) is 7.53. The number of hydrogen-bond acceptors (Lipinski definition) is 1. The van der Waals surface area contributed by atoms with Crippen LogP contribution in [0.5, 0.6) is 5.75 Å². The van der Waals surface area contributed by atoms with Crippen LogP contribution in [0.2, 0.25) is 0 Å². The molecule has 1 aromatic rings. The lowest BCUT2D eigenvalue weighted by Gasteiger charge is -2.19. The number of rotatable bonds is 2. The van der Waals surface area contributed by atoms with Gasteiger partial charge in [-0.25, -0.2) is 0 Å². The van der Waals surface area contributed by atoms with E-state index >= 15 is 0 Å². The average molecular weight is 225 g/mol. The number of halogens is 5. The zero-order chi connectivity index (χ0) is 11.7. The van der Waals surface area contributed by atoms with Gasteiger partial charge in [-0.15, -0.1) is 0 Å². The van der Waals surface area contributed by atoms with Crippen LogP contribution in [-0.4, -0.2) is 13.3 Å². The highest BCUT2D eigenvalue weighted by atomic mass is 19.4. The second-order valence-electron chi connectivity index (χ2n) is 2.72.